The average molecular weight is 285 g/mol. The summed E-state index contributed by atoms with van der Waals surface area (Å²) in [6.45, 7) is 6.64. The number of aromatic nitrogens is 1. The van der Waals surface area contributed by atoms with E-state index in [4.69, 9.17) is 0 Å². The topological polar surface area (TPSA) is 42.2 Å². The van der Waals surface area contributed by atoms with Crippen molar-refractivity contribution in [2.24, 2.45) is 13.0 Å². The Morgan fingerprint density at radius 3 is 2.67 bits per heavy atom. The van der Waals surface area contributed by atoms with Crippen molar-refractivity contribution in [1.82, 2.24) is 4.57 Å². The number of carboxylic acids is 1. The Hall–Kier alpha value is -1.77. The molecule has 1 N–H and O–H groups in total. The third-order valence-corrected chi connectivity index (χ3v) is 4.83. The number of hydrogen-bond acceptors (Lipinski definition) is 1. The van der Waals surface area contributed by atoms with E-state index in [1.54, 1.807) is 0 Å². The van der Waals surface area contributed by atoms with Crippen LogP contribution in [0.15, 0.2) is 18.2 Å². The second kappa shape index (κ2) is 4.62. The van der Waals surface area contributed by atoms with E-state index in [0.29, 0.717) is 6.42 Å². The van der Waals surface area contributed by atoms with Crippen molar-refractivity contribution in [1.29, 1.82) is 0 Å². The van der Waals surface area contributed by atoms with Gasteiger partial charge in [0.05, 0.1) is 5.92 Å². The highest BCUT2D eigenvalue weighted by atomic mass is 16.4. The zero-order chi connectivity index (χ0) is 15.4. The number of rotatable bonds is 1. The maximum atomic E-state index is 11.3. The monoisotopic (exact) mass is 285 g/mol. The van der Waals surface area contributed by atoms with E-state index in [1.807, 2.05) is 0 Å². The predicted octanol–water partition coefficient (Wildman–Crippen LogP) is 3.67. The van der Waals surface area contributed by atoms with Crippen LogP contribution in [0.2, 0.25) is 0 Å². The normalized spacial score (nSPS) is 18.8. The van der Waals surface area contributed by atoms with E-state index < -0.39 is 5.97 Å². The molecule has 1 aromatic carbocycles. The SMILES string of the molecule is Cn1c2c(c3cc(C(C)(C)C)ccc31)CC(C(=O)O)CC2. The Kier molecular flexibility index (Phi) is 3.12. The summed E-state index contributed by atoms with van der Waals surface area (Å²) in [5.41, 5.74) is 5.20. The third kappa shape index (κ3) is 2.25. The molecule has 1 heterocycles. The fourth-order valence-electron chi connectivity index (χ4n) is 3.46. The van der Waals surface area contributed by atoms with Gasteiger partial charge >= 0.3 is 5.97 Å². The smallest absolute Gasteiger partial charge is 0.306 e. The molecule has 0 bridgehead atoms. The molecule has 0 amide bonds. The molecule has 0 radical (unpaired) electrons. The first-order valence-corrected chi connectivity index (χ1v) is 7.62. The van der Waals surface area contributed by atoms with Crippen molar-refractivity contribution in [3.63, 3.8) is 0 Å². The Morgan fingerprint density at radius 1 is 1.33 bits per heavy atom. The summed E-state index contributed by atoms with van der Waals surface area (Å²) < 4.78 is 2.25. The predicted molar refractivity (Wildman–Crippen MR) is 84.8 cm³/mol. The number of carbonyl (C=O) groups is 1. The Balaban J connectivity index is 2.19. The minimum Gasteiger partial charge on any atom is -0.481 e. The lowest BCUT2D eigenvalue weighted by molar-refractivity contribution is -0.142. The summed E-state index contributed by atoms with van der Waals surface area (Å²) in [4.78, 5) is 11.3. The Bertz CT molecular complexity index is 719. The first kappa shape index (κ1) is 14.2. The van der Waals surface area contributed by atoms with Gasteiger partial charge in [0.25, 0.3) is 0 Å². The molecule has 0 fully saturated rings. The largest absolute Gasteiger partial charge is 0.481 e. The summed E-state index contributed by atoms with van der Waals surface area (Å²) in [6.07, 6.45) is 2.27. The molecule has 3 heteroatoms. The van der Waals surface area contributed by atoms with Crippen LogP contribution in [-0.4, -0.2) is 15.6 Å². The van der Waals surface area contributed by atoms with E-state index in [0.717, 1.165) is 12.8 Å². The van der Waals surface area contributed by atoms with Crippen LogP contribution >= 0.6 is 0 Å². The summed E-state index contributed by atoms with van der Waals surface area (Å²) in [7, 11) is 2.10. The van der Waals surface area contributed by atoms with Gasteiger partial charge in [-0.2, -0.15) is 0 Å². The van der Waals surface area contributed by atoms with Crippen molar-refractivity contribution < 1.29 is 9.90 Å². The van der Waals surface area contributed by atoms with Crippen molar-refractivity contribution in [2.45, 2.75) is 45.4 Å². The lowest BCUT2D eigenvalue weighted by Gasteiger charge is -2.21. The highest BCUT2D eigenvalue weighted by molar-refractivity contribution is 5.87. The van der Waals surface area contributed by atoms with Gasteiger partial charge in [0.2, 0.25) is 0 Å². The van der Waals surface area contributed by atoms with E-state index in [-0.39, 0.29) is 11.3 Å². The molecule has 0 saturated carbocycles. The van der Waals surface area contributed by atoms with Gasteiger partial charge < -0.3 is 9.67 Å². The number of nitrogens with zero attached hydrogens (tertiary/aromatic N) is 1. The van der Waals surface area contributed by atoms with E-state index in [2.05, 4.69) is 50.6 Å². The molecule has 0 aliphatic heterocycles. The van der Waals surface area contributed by atoms with Crippen LogP contribution in [0.5, 0.6) is 0 Å². The number of benzene rings is 1. The first-order valence-electron chi connectivity index (χ1n) is 7.62. The molecule has 3 rings (SSSR count). The first-order chi connectivity index (χ1) is 9.79. The van der Waals surface area contributed by atoms with Gasteiger partial charge in [-0.25, -0.2) is 0 Å². The second-order valence-electron chi connectivity index (χ2n) is 7.24. The fourth-order valence-corrected chi connectivity index (χ4v) is 3.46. The highest BCUT2D eigenvalue weighted by Gasteiger charge is 2.28. The standard InChI is InChI=1S/C18H23NO2/c1-18(2,3)12-6-8-16-14(10-12)13-9-11(17(20)21)5-7-15(13)19(16)4/h6,8,10-11H,5,7,9H2,1-4H3,(H,20,21). The van der Waals surface area contributed by atoms with Crippen LogP contribution in [0.4, 0.5) is 0 Å². The molecule has 112 valence electrons. The number of fused-ring (bicyclic) bond motifs is 3. The molecule has 1 aromatic heterocycles. The molecular weight excluding hydrogens is 262 g/mol. The average Bonchev–Trinajstić information content (AvgIpc) is 2.70. The van der Waals surface area contributed by atoms with Crippen LogP contribution < -0.4 is 0 Å². The zero-order valence-corrected chi connectivity index (χ0v) is 13.2. The van der Waals surface area contributed by atoms with Crippen LogP contribution in [0.25, 0.3) is 10.9 Å². The minimum absolute atomic E-state index is 0.109. The lowest BCUT2D eigenvalue weighted by atomic mass is 9.83. The van der Waals surface area contributed by atoms with Gasteiger partial charge in [-0.1, -0.05) is 26.8 Å². The molecule has 2 aromatic rings. The summed E-state index contributed by atoms with van der Waals surface area (Å²) >= 11 is 0. The van der Waals surface area contributed by atoms with E-state index in [1.165, 1.54) is 27.7 Å². The third-order valence-electron chi connectivity index (χ3n) is 4.83. The van der Waals surface area contributed by atoms with Gasteiger partial charge in [0, 0.05) is 23.6 Å². The second-order valence-corrected chi connectivity index (χ2v) is 7.24. The van der Waals surface area contributed by atoms with Gasteiger partial charge in [-0.15, -0.1) is 0 Å². The number of aryl methyl sites for hydroxylation is 1. The lowest BCUT2D eigenvalue weighted by Crippen LogP contribution is -2.22. The Morgan fingerprint density at radius 2 is 2.05 bits per heavy atom. The summed E-state index contributed by atoms with van der Waals surface area (Å²) in [6, 6.07) is 6.64. The molecule has 1 unspecified atom stereocenters. The molecule has 0 saturated heterocycles. The van der Waals surface area contributed by atoms with Gasteiger partial charge in [0.1, 0.15) is 0 Å². The molecule has 0 spiro atoms. The van der Waals surface area contributed by atoms with Gasteiger partial charge in [0.15, 0.2) is 0 Å². The molecule has 21 heavy (non-hydrogen) atoms. The van der Waals surface area contributed by atoms with Crippen LogP contribution in [-0.2, 0) is 30.1 Å². The quantitative estimate of drug-likeness (QED) is 0.868. The van der Waals surface area contributed by atoms with Gasteiger partial charge in [-0.3, -0.25) is 4.79 Å². The maximum Gasteiger partial charge on any atom is 0.306 e. The Labute approximate surface area is 125 Å². The molecule has 1 atom stereocenters. The number of hydrogen-bond donors (Lipinski definition) is 1. The number of carboxylic acid groups (broad SMARTS) is 1. The zero-order valence-electron chi connectivity index (χ0n) is 13.2. The van der Waals surface area contributed by atoms with Crippen molar-refractivity contribution in [3.8, 4) is 0 Å². The van der Waals surface area contributed by atoms with Crippen molar-refractivity contribution in [3.05, 3.63) is 35.0 Å². The molecule has 1 aliphatic rings. The molecule has 1 aliphatic carbocycles. The molecular formula is C18H23NO2. The maximum absolute atomic E-state index is 11.3. The summed E-state index contributed by atoms with van der Waals surface area (Å²) in [5.74, 6) is -0.897. The summed E-state index contributed by atoms with van der Waals surface area (Å²) in [5, 5.41) is 10.6. The van der Waals surface area contributed by atoms with E-state index >= 15 is 0 Å². The highest BCUT2D eigenvalue weighted by Crippen LogP contribution is 2.36. The van der Waals surface area contributed by atoms with E-state index in [9.17, 15) is 9.90 Å². The van der Waals surface area contributed by atoms with Crippen molar-refractivity contribution >= 4 is 16.9 Å². The van der Waals surface area contributed by atoms with Gasteiger partial charge in [-0.05, 0) is 47.9 Å². The van der Waals surface area contributed by atoms with Crippen LogP contribution in [0, 0.1) is 5.92 Å². The minimum atomic E-state index is -0.662. The fraction of sp³-hybridized carbons (Fsp3) is 0.500. The van der Waals surface area contributed by atoms with Crippen LogP contribution in [0.3, 0.4) is 0 Å². The molecule has 3 nitrogen and oxygen atoms in total. The van der Waals surface area contributed by atoms with Crippen molar-refractivity contribution in [2.75, 3.05) is 0 Å². The number of aliphatic carboxylic acids is 1. The van der Waals surface area contributed by atoms with Crippen LogP contribution in [0.1, 0.15) is 44.0 Å².